The molecule has 0 unspecified atom stereocenters. The monoisotopic (exact) mass is 241 g/mol. The third-order valence-corrected chi connectivity index (χ3v) is 3.07. The minimum absolute atomic E-state index is 0.964. The molecule has 0 aliphatic rings. The quantitative estimate of drug-likeness (QED) is 0.639. The summed E-state index contributed by atoms with van der Waals surface area (Å²) in [5.41, 5.74) is 8.57. The van der Waals surface area contributed by atoms with Crippen LogP contribution in [0.25, 0.3) is 0 Å². The molecular weight excluding hydrogens is 222 g/mol. The lowest BCUT2D eigenvalue weighted by Crippen LogP contribution is -2.09. The van der Waals surface area contributed by atoms with Gasteiger partial charge in [-0.3, -0.25) is 10.8 Å². The van der Waals surface area contributed by atoms with Crippen LogP contribution in [0.3, 0.4) is 0 Å². The molecule has 1 aromatic carbocycles. The van der Waals surface area contributed by atoms with Gasteiger partial charge in [-0.1, -0.05) is 23.8 Å². The third kappa shape index (κ3) is 3.08. The van der Waals surface area contributed by atoms with E-state index in [9.17, 15) is 0 Å². The number of hydrazine groups is 1. The number of rotatable bonds is 4. The van der Waals surface area contributed by atoms with E-state index in [-0.39, 0.29) is 0 Å². The highest BCUT2D eigenvalue weighted by Crippen LogP contribution is 2.18. The van der Waals surface area contributed by atoms with Gasteiger partial charge in [-0.2, -0.15) is 0 Å². The number of pyridine rings is 1. The molecule has 18 heavy (non-hydrogen) atoms. The van der Waals surface area contributed by atoms with Gasteiger partial charge in [0, 0.05) is 11.9 Å². The van der Waals surface area contributed by atoms with E-state index >= 15 is 0 Å². The Hall–Kier alpha value is -1.87. The van der Waals surface area contributed by atoms with Crippen molar-refractivity contribution in [1.82, 2.24) is 4.98 Å². The van der Waals surface area contributed by atoms with E-state index < -0.39 is 0 Å². The van der Waals surface area contributed by atoms with Crippen LogP contribution in [0.5, 0.6) is 0 Å². The Balaban J connectivity index is 2.09. The minimum Gasteiger partial charge on any atom is -0.324 e. The van der Waals surface area contributed by atoms with Crippen LogP contribution < -0.4 is 11.3 Å². The maximum Gasteiger partial charge on any atom is 0.0517 e. The first-order valence-corrected chi connectivity index (χ1v) is 6.16. The topological polar surface area (TPSA) is 50.9 Å². The molecule has 2 aromatic rings. The maximum absolute atomic E-state index is 5.53. The van der Waals surface area contributed by atoms with Crippen molar-refractivity contribution in [2.45, 2.75) is 26.7 Å². The molecule has 3 N–H and O–H groups in total. The molecule has 0 saturated carbocycles. The Morgan fingerprint density at radius 3 is 2.61 bits per heavy atom. The summed E-state index contributed by atoms with van der Waals surface area (Å²) >= 11 is 0. The maximum atomic E-state index is 5.53. The van der Waals surface area contributed by atoms with Crippen molar-refractivity contribution in [1.29, 1.82) is 0 Å². The summed E-state index contributed by atoms with van der Waals surface area (Å²) in [5.74, 6) is 5.53. The number of anilines is 1. The van der Waals surface area contributed by atoms with Gasteiger partial charge in [-0.25, -0.2) is 0 Å². The Labute approximate surface area is 108 Å². The summed E-state index contributed by atoms with van der Waals surface area (Å²) in [5, 5.41) is 0. The van der Waals surface area contributed by atoms with Gasteiger partial charge in [0.2, 0.25) is 0 Å². The minimum atomic E-state index is 0.964. The molecule has 1 aromatic heterocycles. The smallest absolute Gasteiger partial charge is 0.0517 e. The SMILES string of the molecule is Cc1ccc(NN)c(CCc2ccc(C)nc2)c1. The molecule has 0 atom stereocenters. The van der Waals surface area contributed by atoms with Crippen LogP contribution in [-0.4, -0.2) is 4.98 Å². The number of hydrogen-bond donors (Lipinski definition) is 2. The zero-order valence-electron chi connectivity index (χ0n) is 10.9. The molecular formula is C15H19N3. The lowest BCUT2D eigenvalue weighted by Gasteiger charge is -2.10. The highest BCUT2D eigenvalue weighted by atomic mass is 15.2. The number of nitrogens with one attached hydrogen (secondary N) is 1. The standard InChI is InChI=1S/C15H19N3/c1-11-3-8-15(18-16)14(9-11)7-6-13-5-4-12(2)17-10-13/h3-5,8-10,18H,6-7,16H2,1-2H3. The summed E-state index contributed by atoms with van der Waals surface area (Å²) in [4.78, 5) is 4.31. The van der Waals surface area contributed by atoms with Gasteiger partial charge in [-0.05, 0) is 49.9 Å². The van der Waals surface area contributed by atoms with E-state index in [0.717, 1.165) is 24.2 Å². The molecule has 2 rings (SSSR count). The second kappa shape index (κ2) is 5.65. The fourth-order valence-electron chi connectivity index (χ4n) is 2.00. The fraction of sp³-hybridized carbons (Fsp3) is 0.267. The molecule has 0 spiro atoms. The number of benzene rings is 1. The first-order chi connectivity index (χ1) is 8.69. The molecule has 1 heterocycles. The molecule has 3 heteroatoms. The van der Waals surface area contributed by atoms with Crippen molar-refractivity contribution in [3.05, 3.63) is 58.9 Å². The molecule has 94 valence electrons. The highest BCUT2D eigenvalue weighted by molar-refractivity contribution is 5.52. The van der Waals surface area contributed by atoms with Crippen LogP contribution in [0.4, 0.5) is 5.69 Å². The summed E-state index contributed by atoms with van der Waals surface area (Å²) in [6, 6.07) is 10.4. The van der Waals surface area contributed by atoms with Gasteiger partial charge in [0.1, 0.15) is 0 Å². The van der Waals surface area contributed by atoms with Crippen LogP contribution in [-0.2, 0) is 12.8 Å². The van der Waals surface area contributed by atoms with Gasteiger partial charge in [-0.15, -0.1) is 0 Å². The lowest BCUT2D eigenvalue weighted by molar-refractivity contribution is 0.943. The number of hydrogen-bond acceptors (Lipinski definition) is 3. The van der Waals surface area contributed by atoms with Crippen molar-refractivity contribution < 1.29 is 0 Å². The number of nitrogens with two attached hydrogens (primary N) is 1. The van der Waals surface area contributed by atoms with Crippen LogP contribution in [0.15, 0.2) is 36.5 Å². The first kappa shape index (κ1) is 12.6. The molecule has 0 aliphatic heterocycles. The van der Waals surface area contributed by atoms with Gasteiger partial charge in [0.15, 0.2) is 0 Å². The van der Waals surface area contributed by atoms with Gasteiger partial charge in [0.25, 0.3) is 0 Å². The molecule has 0 radical (unpaired) electrons. The van der Waals surface area contributed by atoms with Gasteiger partial charge < -0.3 is 5.43 Å². The molecule has 0 fully saturated rings. The van der Waals surface area contributed by atoms with E-state index in [1.807, 2.05) is 25.3 Å². The predicted molar refractivity (Wildman–Crippen MR) is 75.4 cm³/mol. The largest absolute Gasteiger partial charge is 0.324 e. The fourth-order valence-corrected chi connectivity index (χ4v) is 2.00. The van der Waals surface area contributed by atoms with Crippen LogP contribution in [0, 0.1) is 13.8 Å². The van der Waals surface area contributed by atoms with Gasteiger partial charge >= 0.3 is 0 Å². The van der Waals surface area contributed by atoms with Crippen LogP contribution in [0.2, 0.25) is 0 Å². The second-order valence-electron chi connectivity index (χ2n) is 4.61. The molecule has 0 saturated heterocycles. The van der Waals surface area contributed by atoms with Crippen molar-refractivity contribution in [2.24, 2.45) is 5.84 Å². The van der Waals surface area contributed by atoms with E-state index in [0.29, 0.717) is 0 Å². The number of aromatic nitrogens is 1. The van der Waals surface area contributed by atoms with E-state index in [2.05, 4.69) is 35.5 Å². The Bertz CT molecular complexity index is 518. The molecule has 0 aliphatic carbocycles. The number of aryl methyl sites for hydroxylation is 4. The Morgan fingerprint density at radius 2 is 1.94 bits per heavy atom. The van der Waals surface area contributed by atoms with E-state index in [1.54, 1.807) is 0 Å². The first-order valence-electron chi connectivity index (χ1n) is 6.16. The highest BCUT2D eigenvalue weighted by Gasteiger charge is 2.02. The van der Waals surface area contributed by atoms with E-state index in [1.165, 1.54) is 16.7 Å². The zero-order chi connectivity index (χ0) is 13.0. The lowest BCUT2D eigenvalue weighted by atomic mass is 10.0. The average Bonchev–Trinajstić information content (AvgIpc) is 2.38. The third-order valence-electron chi connectivity index (χ3n) is 3.07. The van der Waals surface area contributed by atoms with Crippen LogP contribution in [0.1, 0.15) is 22.4 Å². The Morgan fingerprint density at radius 1 is 1.11 bits per heavy atom. The van der Waals surface area contributed by atoms with Gasteiger partial charge in [0.05, 0.1) is 5.69 Å². The van der Waals surface area contributed by atoms with Crippen LogP contribution >= 0.6 is 0 Å². The van der Waals surface area contributed by atoms with Crippen molar-refractivity contribution in [2.75, 3.05) is 5.43 Å². The van der Waals surface area contributed by atoms with Crippen molar-refractivity contribution in [3.8, 4) is 0 Å². The van der Waals surface area contributed by atoms with Crippen molar-refractivity contribution >= 4 is 5.69 Å². The second-order valence-corrected chi connectivity index (χ2v) is 4.61. The number of nitrogen functional groups attached to an aromatic ring is 1. The number of nitrogens with zero attached hydrogens (tertiary/aromatic N) is 1. The summed E-state index contributed by atoms with van der Waals surface area (Å²) in [6.07, 6.45) is 3.89. The summed E-state index contributed by atoms with van der Waals surface area (Å²) < 4.78 is 0. The summed E-state index contributed by atoms with van der Waals surface area (Å²) in [7, 11) is 0. The zero-order valence-corrected chi connectivity index (χ0v) is 10.9. The Kier molecular flexibility index (Phi) is 3.95. The van der Waals surface area contributed by atoms with E-state index in [4.69, 9.17) is 5.84 Å². The molecule has 0 amide bonds. The summed E-state index contributed by atoms with van der Waals surface area (Å²) in [6.45, 7) is 4.10. The van der Waals surface area contributed by atoms with Crippen molar-refractivity contribution in [3.63, 3.8) is 0 Å². The molecule has 3 nitrogen and oxygen atoms in total. The normalized spacial score (nSPS) is 10.4. The average molecular weight is 241 g/mol. The predicted octanol–water partition coefficient (Wildman–Crippen LogP) is 2.77. The molecule has 0 bridgehead atoms.